The molecule has 0 atom stereocenters. The van der Waals surface area contributed by atoms with Crippen LogP contribution in [0.25, 0.3) is 0 Å². The summed E-state index contributed by atoms with van der Waals surface area (Å²) in [5.74, 6) is -1.92. The number of rotatable bonds is 7. The zero-order valence-electron chi connectivity index (χ0n) is 16.2. The molecule has 1 aliphatic heterocycles. The van der Waals surface area contributed by atoms with Gasteiger partial charge in [-0.3, -0.25) is 9.58 Å². The second-order valence-corrected chi connectivity index (χ2v) is 7.41. The Bertz CT molecular complexity index is 657. The summed E-state index contributed by atoms with van der Waals surface area (Å²) in [5, 5.41) is 21.1. The molecular weight excluding hydrogens is 379 g/mol. The molecule has 1 fully saturated rings. The average molecular weight is 407 g/mol. The summed E-state index contributed by atoms with van der Waals surface area (Å²) in [5.41, 5.74) is 3.84. The maximum absolute atomic E-state index is 10.6. The third kappa shape index (κ3) is 6.75. The molecule has 0 bridgehead atoms. The molecule has 3 rings (SSSR count). The highest BCUT2D eigenvalue weighted by atomic mass is 19.4. The number of nitrogens with zero attached hydrogens (tertiary/aromatic N) is 3. The Kier molecular flexibility index (Phi) is 7.85. The first-order chi connectivity index (χ1) is 13.1. The van der Waals surface area contributed by atoms with E-state index in [1.54, 1.807) is 0 Å². The fourth-order valence-corrected chi connectivity index (χ4v) is 3.01. The van der Waals surface area contributed by atoms with Gasteiger partial charge < -0.3 is 14.9 Å². The maximum atomic E-state index is 10.6. The first-order valence-corrected chi connectivity index (χ1v) is 9.44. The summed E-state index contributed by atoms with van der Waals surface area (Å²) >= 11 is 0. The molecule has 1 aromatic heterocycles. The molecule has 1 aliphatic carbocycles. The van der Waals surface area contributed by atoms with E-state index in [9.17, 15) is 13.2 Å². The van der Waals surface area contributed by atoms with E-state index in [0.29, 0.717) is 6.61 Å². The molecule has 7 nitrogen and oxygen atoms in total. The van der Waals surface area contributed by atoms with Gasteiger partial charge in [0.1, 0.15) is 0 Å². The number of ether oxygens (including phenoxy) is 1. The van der Waals surface area contributed by atoms with Gasteiger partial charge in [-0.1, -0.05) is 0 Å². The number of carbonyl (C=O) groups is 1. The van der Waals surface area contributed by atoms with Gasteiger partial charge in [-0.2, -0.15) is 18.3 Å². The minimum absolute atomic E-state index is 0.226. The normalized spacial score (nSPS) is 17.2. The van der Waals surface area contributed by atoms with Crippen LogP contribution in [0, 0.1) is 5.92 Å². The Balaban J connectivity index is 0.000000345. The fraction of sp³-hybridized carbons (Fsp3) is 0.778. The Morgan fingerprint density at radius 2 is 2.00 bits per heavy atom. The highest BCUT2D eigenvalue weighted by molar-refractivity contribution is 5.73. The van der Waals surface area contributed by atoms with Gasteiger partial charge in [0, 0.05) is 43.9 Å². The number of aliphatic hydroxyl groups excluding tert-OH is 1. The molecular formula is C18H28F3N3O4. The maximum Gasteiger partial charge on any atom is 0.490 e. The Morgan fingerprint density at radius 1 is 1.36 bits per heavy atom. The van der Waals surface area contributed by atoms with Gasteiger partial charge in [0.25, 0.3) is 0 Å². The third-order valence-corrected chi connectivity index (χ3v) is 4.64. The molecule has 2 N–H and O–H groups in total. The highest BCUT2D eigenvalue weighted by Gasteiger charge is 2.38. The van der Waals surface area contributed by atoms with Crippen molar-refractivity contribution in [3.05, 3.63) is 17.0 Å². The van der Waals surface area contributed by atoms with Gasteiger partial charge in [0.05, 0.1) is 25.0 Å². The van der Waals surface area contributed by atoms with Crippen molar-refractivity contribution >= 4 is 5.97 Å². The minimum Gasteiger partial charge on any atom is -0.475 e. The summed E-state index contributed by atoms with van der Waals surface area (Å²) in [6.45, 7) is 8.69. The van der Waals surface area contributed by atoms with E-state index >= 15 is 0 Å². The number of carboxylic acids is 1. The molecule has 0 spiro atoms. The first-order valence-electron chi connectivity index (χ1n) is 9.44. The largest absolute Gasteiger partial charge is 0.490 e. The summed E-state index contributed by atoms with van der Waals surface area (Å²) in [4.78, 5) is 11.2. The molecule has 2 heterocycles. The quantitative estimate of drug-likeness (QED) is 0.721. The number of hydrogen-bond acceptors (Lipinski definition) is 5. The number of β-amino-alcohol motifs (C(OH)–C–C–N with tert-alkyl or cyclic N) is 1. The molecule has 10 heteroatoms. The lowest BCUT2D eigenvalue weighted by molar-refractivity contribution is -0.192. The smallest absolute Gasteiger partial charge is 0.475 e. The molecule has 160 valence electrons. The molecule has 0 saturated heterocycles. The number of aromatic nitrogens is 2. The summed E-state index contributed by atoms with van der Waals surface area (Å²) < 4.78 is 39.8. The van der Waals surface area contributed by atoms with Gasteiger partial charge in [-0.05, 0) is 32.6 Å². The van der Waals surface area contributed by atoms with Crippen molar-refractivity contribution in [3.63, 3.8) is 0 Å². The summed E-state index contributed by atoms with van der Waals surface area (Å²) in [6.07, 6.45) is -1.12. The van der Waals surface area contributed by atoms with Crippen LogP contribution in [-0.4, -0.2) is 62.8 Å². The van der Waals surface area contributed by atoms with Crippen molar-refractivity contribution in [1.29, 1.82) is 0 Å². The molecule has 0 unspecified atom stereocenters. The van der Waals surface area contributed by atoms with Crippen LogP contribution in [0.3, 0.4) is 0 Å². The van der Waals surface area contributed by atoms with Gasteiger partial charge in [0.2, 0.25) is 0 Å². The van der Waals surface area contributed by atoms with E-state index in [-0.39, 0.29) is 12.7 Å². The lowest BCUT2D eigenvalue weighted by Gasteiger charge is -2.27. The van der Waals surface area contributed by atoms with Crippen LogP contribution in [-0.2, 0) is 35.6 Å². The van der Waals surface area contributed by atoms with Crippen molar-refractivity contribution in [1.82, 2.24) is 14.7 Å². The molecule has 0 aromatic carbocycles. The van der Waals surface area contributed by atoms with E-state index in [0.717, 1.165) is 44.2 Å². The lowest BCUT2D eigenvalue weighted by atomic mass is 10.1. The van der Waals surface area contributed by atoms with Crippen molar-refractivity contribution in [2.24, 2.45) is 5.92 Å². The number of aliphatic hydroxyl groups is 1. The van der Waals surface area contributed by atoms with Crippen LogP contribution in [0.1, 0.15) is 43.6 Å². The van der Waals surface area contributed by atoms with Crippen molar-refractivity contribution < 1.29 is 32.9 Å². The Hall–Kier alpha value is -1.65. The summed E-state index contributed by atoms with van der Waals surface area (Å²) in [6, 6.07) is 0. The number of alkyl halides is 3. The summed E-state index contributed by atoms with van der Waals surface area (Å²) in [7, 11) is 0. The van der Waals surface area contributed by atoms with Crippen LogP contribution in [0.2, 0.25) is 0 Å². The molecule has 28 heavy (non-hydrogen) atoms. The highest BCUT2D eigenvalue weighted by Crippen LogP contribution is 2.32. The van der Waals surface area contributed by atoms with Crippen LogP contribution in [0.5, 0.6) is 0 Å². The van der Waals surface area contributed by atoms with E-state index < -0.39 is 12.1 Å². The van der Waals surface area contributed by atoms with Crippen LogP contribution < -0.4 is 0 Å². The van der Waals surface area contributed by atoms with Crippen molar-refractivity contribution in [3.8, 4) is 0 Å². The van der Waals surface area contributed by atoms with Crippen LogP contribution in [0.15, 0.2) is 0 Å². The lowest BCUT2D eigenvalue weighted by Crippen LogP contribution is -2.33. The number of carboxylic acid groups (broad SMARTS) is 1. The minimum atomic E-state index is -5.08. The van der Waals surface area contributed by atoms with Crippen molar-refractivity contribution in [2.75, 3.05) is 19.7 Å². The molecule has 1 saturated carbocycles. The molecule has 0 amide bonds. The second kappa shape index (κ2) is 9.71. The zero-order chi connectivity index (χ0) is 20.9. The van der Waals surface area contributed by atoms with Crippen molar-refractivity contribution in [2.45, 2.75) is 65.1 Å². The molecule has 1 aromatic rings. The Labute approximate surface area is 162 Å². The third-order valence-electron chi connectivity index (χ3n) is 4.64. The van der Waals surface area contributed by atoms with E-state index in [1.807, 2.05) is 0 Å². The van der Waals surface area contributed by atoms with Gasteiger partial charge in [-0.15, -0.1) is 0 Å². The topological polar surface area (TPSA) is 87.8 Å². The Morgan fingerprint density at radius 3 is 2.50 bits per heavy atom. The number of fused-ring (bicyclic) bond motifs is 1. The predicted octanol–water partition coefficient (Wildman–Crippen LogP) is 2.20. The SMILES string of the molecule is CC(C)OCc1nn(CC2CC2)c2c1CN(CCO)CC2.O=C(O)C(F)(F)F. The standard InChI is InChI=1S/C16H27N3O2.C2HF3O2/c1-12(2)21-11-15-14-10-18(7-8-20)6-5-16(14)19(17-15)9-13-3-4-13;3-2(4,5)1(6)7/h12-13,20H,3-11H2,1-2H3;(H,6,7). The molecule has 0 radical (unpaired) electrons. The van der Waals surface area contributed by atoms with Crippen LogP contribution >= 0.6 is 0 Å². The average Bonchev–Trinajstić information content (AvgIpc) is 3.35. The van der Waals surface area contributed by atoms with Gasteiger partial charge in [-0.25, -0.2) is 4.79 Å². The zero-order valence-corrected chi connectivity index (χ0v) is 16.2. The van der Waals surface area contributed by atoms with Gasteiger partial charge >= 0.3 is 12.1 Å². The monoisotopic (exact) mass is 407 g/mol. The molecule has 2 aliphatic rings. The fourth-order valence-electron chi connectivity index (χ4n) is 3.01. The van der Waals surface area contributed by atoms with Crippen LogP contribution in [0.4, 0.5) is 13.2 Å². The predicted molar refractivity (Wildman–Crippen MR) is 94.6 cm³/mol. The first kappa shape index (κ1) is 22.6. The second-order valence-electron chi connectivity index (χ2n) is 7.41. The number of halogens is 3. The van der Waals surface area contributed by atoms with E-state index in [1.165, 1.54) is 24.1 Å². The van der Waals surface area contributed by atoms with E-state index in [2.05, 4.69) is 23.4 Å². The van der Waals surface area contributed by atoms with E-state index in [4.69, 9.17) is 24.8 Å². The number of aliphatic carboxylic acids is 1. The van der Waals surface area contributed by atoms with Gasteiger partial charge in [0.15, 0.2) is 0 Å². The number of hydrogen-bond donors (Lipinski definition) is 2.